The van der Waals surface area contributed by atoms with Crippen molar-refractivity contribution in [2.24, 2.45) is 5.92 Å². The average Bonchev–Trinajstić information content (AvgIpc) is 2.66. The monoisotopic (exact) mass is 419 g/mol. The molecule has 2 N–H and O–H groups in total. The van der Waals surface area contributed by atoms with Gasteiger partial charge >= 0.3 is 0 Å². The Kier molecular flexibility index (Phi) is 7.81. The number of amides is 1. The Balaban J connectivity index is 2.09. The highest BCUT2D eigenvalue weighted by Gasteiger charge is 2.28. The van der Waals surface area contributed by atoms with E-state index >= 15 is 0 Å². The molecule has 1 amide bonds. The van der Waals surface area contributed by atoms with Gasteiger partial charge in [0.25, 0.3) is 0 Å². The SMILES string of the molecule is CC(C)(C)ONC(=O)C(CCCc1ccccc1)CS(=O)(=O)c1ccc(O)cc1. The van der Waals surface area contributed by atoms with Crippen LogP contribution in [0.1, 0.15) is 39.2 Å². The fourth-order valence-corrected chi connectivity index (χ4v) is 4.38. The molecule has 2 rings (SSSR count). The third kappa shape index (κ3) is 7.87. The summed E-state index contributed by atoms with van der Waals surface area (Å²) in [6.45, 7) is 5.39. The summed E-state index contributed by atoms with van der Waals surface area (Å²) in [5.41, 5.74) is 2.97. The molecule has 2 aromatic rings. The number of sulfone groups is 1. The Morgan fingerprint density at radius 2 is 1.69 bits per heavy atom. The molecule has 29 heavy (non-hydrogen) atoms. The molecule has 0 aliphatic heterocycles. The number of rotatable bonds is 9. The van der Waals surface area contributed by atoms with E-state index in [1.54, 1.807) is 20.8 Å². The van der Waals surface area contributed by atoms with Gasteiger partial charge in [0.15, 0.2) is 9.84 Å². The summed E-state index contributed by atoms with van der Waals surface area (Å²) >= 11 is 0. The van der Waals surface area contributed by atoms with Crippen LogP contribution in [-0.2, 0) is 25.9 Å². The molecule has 6 nitrogen and oxygen atoms in total. The lowest BCUT2D eigenvalue weighted by molar-refractivity contribution is -0.149. The Morgan fingerprint density at radius 1 is 1.07 bits per heavy atom. The van der Waals surface area contributed by atoms with Gasteiger partial charge in [0.1, 0.15) is 5.75 Å². The van der Waals surface area contributed by atoms with Crippen LogP contribution in [0.15, 0.2) is 59.5 Å². The number of hydrogen-bond donors (Lipinski definition) is 2. The second-order valence-electron chi connectivity index (χ2n) is 8.03. The third-order valence-corrected chi connectivity index (χ3v) is 6.14. The first-order valence-corrected chi connectivity index (χ1v) is 11.3. The van der Waals surface area contributed by atoms with Crippen LogP contribution in [0.25, 0.3) is 0 Å². The van der Waals surface area contributed by atoms with Gasteiger partial charge in [-0.05, 0) is 69.9 Å². The van der Waals surface area contributed by atoms with Gasteiger partial charge in [0, 0.05) is 0 Å². The van der Waals surface area contributed by atoms with Crippen LogP contribution < -0.4 is 5.48 Å². The van der Waals surface area contributed by atoms with Crippen LogP contribution in [0.2, 0.25) is 0 Å². The van der Waals surface area contributed by atoms with E-state index in [0.29, 0.717) is 12.8 Å². The van der Waals surface area contributed by atoms with E-state index in [9.17, 15) is 18.3 Å². The molecule has 0 aromatic heterocycles. The number of benzene rings is 2. The molecule has 0 heterocycles. The van der Waals surface area contributed by atoms with Crippen molar-refractivity contribution in [3.05, 3.63) is 60.2 Å². The van der Waals surface area contributed by atoms with Crippen LogP contribution in [-0.4, -0.2) is 30.8 Å². The number of carbonyl (C=O) groups is 1. The topological polar surface area (TPSA) is 92.7 Å². The van der Waals surface area contributed by atoms with Gasteiger partial charge in [0.2, 0.25) is 5.91 Å². The minimum atomic E-state index is -3.70. The fourth-order valence-electron chi connectivity index (χ4n) is 2.79. The van der Waals surface area contributed by atoms with E-state index in [4.69, 9.17) is 4.84 Å². The maximum atomic E-state index is 12.8. The van der Waals surface area contributed by atoms with E-state index in [0.717, 1.165) is 12.0 Å². The molecule has 0 fully saturated rings. The van der Waals surface area contributed by atoms with E-state index < -0.39 is 27.3 Å². The highest BCUT2D eigenvalue weighted by Crippen LogP contribution is 2.21. The summed E-state index contributed by atoms with van der Waals surface area (Å²) in [6, 6.07) is 15.2. The van der Waals surface area contributed by atoms with Gasteiger partial charge in [0.05, 0.1) is 22.2 Å². The Morgan fingerprint density at radius 3 is 2.28 bits per heavy atom. The fraction of sp³-hybridized carbons (Fsp3) is 0.409. The summed E-state index contributed by atoms with van der Waals surface area (Å²) in [5, 5.41) is 9.39. The molecule has 1 unspecified atom stereocenters. The average molecular weight is 420 g/mol. The van der Waals surface area contributed by atoms with Gasteiger partial charge in [-0.3, -0.25) is 9.63 Å². The maximum absolute atomic E-state index is 12.8. The van der Waals surface area contributed by atoms with Crippen molar-refractivity contribution in [2.75, 3.05) is 5.75 Å². The minimum Gasteiger partial charge on any atom is -0.508 e. The van der Waals surface area contributed by atoms with Crippen molar-refractivity contribution < 1.29 is 23.2 Å². The van der Waals surface area contributed by atoms with Gasteiger partial charge in [-0.2, -0.15) is 0 Å². The predicted molar refractivity (Wildman–Crippen MR) is 112 cm³/mol. The molecule has 0 radical (unpaired) electrons. The first-order chi connectivity index (χ1) is 13.6. The van der Waals surface area contributed by atoms with Crippen molar-refractivity contribution >= 4 is 15.7 Å². The van der Waals surface area contributed by atoms with E-state index in [1.807, 2.05) is 30.3 Å². The van der Waals surface area contributed by atoms with Crippen molar-refractivity contribution in [2.45, 2.75) is 50.5 Å². The smallest absolute Gasteiger partial charge is 0.247 e. The Bertz CT molecular complexity index is 887. The van der Waals surface area contributed by atoms with Crippen molar-refractivity contribution in [1.82, 2.24) is 5.48 Å². The van der Waals surface area contributed by atoms with Crippen LogP contribution in [0.5, 0.6) is 5.75 Å². The van der Waals surface area contributed by atoms with E-state index in [-0.39, 0.29) is 16.4 Å². The molecule has 7 heteroatoms. The zero-order valence-electron chi connectivity index (χ0n) is 17.1. The molecule has 0 bridgehead atoms. The number of carbonyl (C=O) groups excluding carboxylic acids is 1. The summed E-state index contributed by atoms with van der Waals surface area (Å²) in [4.78, 5) is 18.1. The van der Waals surface area contributed by atoms with Crippen molar-refractivity contribution in [1.29, 1.82) is 0 Å². The molecule has 0 aliphatic rings. The lowest BCUT2D eigenvalue weighted by atomic mass is 10.0. The van der Waals surface area contributed by atoms with Crippen LogP contribution in [0.3, 0.4) is 0 Å². The lowest BCUT2D eigenvalue weighted by Gasteiger charge is -2.22. The molecule has 0 aliphatic carbocycles. The molecule has 2 aromatic carbocycles. The summed E-state index contributed by atoms with van der Waals surface area (Å²) in [6.07, 6.45) is 1.83. The number of hydroxylamine groups is 1. The second-order valence-corrected chi connectivity index (χ2v) is 10.1. The normalized spacial score (nSPS) is 13.1. The maximum Gasteiger partial charge on any atom is 0.247 e. The molecular weight excluding hydrogens is 390 g/mol. The van der Waals surface area contributed by atoms with E-state index in [1.165, 1.54) is 24.3 Å². The first kappa shape index (κ1) is 22.9. The number of nitrogens with one attached hydrogen (secondary N) is 1. The van der Waals surface area contributed by atoms with Crippen LogP contribution in [0.4, 0.5) is 0 Å². The summed E-state index contributed by atoms with van der Waals surface area (Å²) < 4.78 is 25.6. The van der Waals surface area contributed by atoms with Gasteiger partial charge in [-0.15, -0.1) is 0 Å². The summed E-state index contributed by atoms with van der Waals surface area (Å²) in [7, 11) is -3.70. The number of aromatic hydroxyl groups is 1. The summed E-state index contributed by atoms with van der Waals surface area (Å²) in [5.74, 6) is -1.54. The van der Waals surface area contributed by atoms with Crippen LogP contribution >= 0.6 is 0 Å². The number of phenols is 1. The number of phenolic OH excluding ortho intramolecular Hbond substituents is 1. The zero-order chi connectivity index (χ0) is 21.5. The second kappa shape index (κ2) is 9.89. The molecule has 0 saturated carbocycles. The first-order valence-electron chi connectivity index (χ1n) is 9.60. The van der Waals surface area contributed by atoms with Gasteiger partial charge in [-0.25, -0.2) is 13.9 Å². The Hall–Kier alpha value is -2.38. The largest absolute Gasteiger partial charge is 0.508 e. The Labute approximate surface area is 172 Å². The highest BCUT2D eigenvalue weighted by atomic mass is 32.2. The highest BCUT2D eigenvalue weighted by molar-refractivity contribution is 7.91. The van der Waals surface area contributed by atoms with Crippen molar-refractivity contribution in [3.63, 3.8) is 0 Å². The van der Waals surface area contributed by atoms with Gasteiger partial charge < -0.3 is 5.11 Å². The predicted octanol–water partition coefficient (Wildman–Crippen LogP) is 3.65. The number of aryl methyl sites for hydroxylation is 1. The van der Waals surface area contributed by atoms with E-state index in [2.05, 4.69) is 5.48 Å². The standard InChI is InChI=1S/C22H29NO5S/c1-22(2,3)28-23-21(25)18(11-7-10-17-8-5-4-6-9-17)16-29(26,27)20-14-12-19(24)13-15-20/h4-6,8-9,12-15,18,24H,7,10-11,16H2,1-3H3,(H,23,25). The minimum absolute atomic E-state index is 0.0142. The van der Waals surface area contributed by atoms with Crippen LogP contribution in [0, 0.1) is 5.92 Å². The molecule has 0 saturated heterocycles. The zero-order valence-corrected chi connectivity index (χ0v) is 17.9. The molecular formula is C22H29NO5S. The molecule has 0 spiro atoms. The van der Waals surface area contributed by atoms with Crippen molar-refractivity contribution in [3.8, 4) is 5.75 Å². The lowest BCUT2D eigenvalue weighted by Crippen LogP contribution is -2.39. The third-order valence-electron chi connectivity index (χ3n) is 4.31. The quantitative estimate of drug-likeness (QED) is 0.605. The number of hydrogen-bond acceptors (Lipinski definition) is 5. The van der Waals surface area contributed by atoms with Gasteiger partial charge in [-0.1, -0.05) is 30.3 Å². The molecule has 158 valence electrons. The molecule has 1 atom stereocenters.